The van der Waals surface area contributed by atoms with E-state index in [9.17, 15) is 9.59 Å². The smallest absolute Gasteiger partial charge is 0.458 e. The molecule has 0 saturated heterocycles. The summed E-state index contributed by atoms with van der Waals surface area (Å²) in [6, 6.07) is 9.34. The largest absolute Gasteiger partial charge is 0.501 e. The highest BCUT2D eigenvalue weighted by Gasteiger charge is 2.32. The summed E-state index contributed by atoms with van der Waals surface area (Å²) in [4.78, 5) is 23.2. The summed E-state index contributed by atoms with van der Waals surface area (Å²) < 4.78 is 10.4. The molecule has 0 fully saturated rings. The number of aryl methyl sites for hydroxylation is 1. The monoisotopic (exact) mass is 322 g/mol. The highest BCUT2D eigenvalue weighted by Crippen LogP contribution is 2.22. The maximum absolute atomic E-state index is 11.7. The molecule has 0 bridgehead atoms. The van der Waals surface area contributed by atoms with E-state index in [1.165, 1.54) is 0 Å². The zero-order chi connectivity index (χ0) is 16.6. The van der Waals surface area contributed by atoms with Crippen molar-refractivity contribution < 1.29 is 18.8 Å². The molecule has 2 amide bonds. The van der Waals surface area contributed by atoms with E-state index in [0.717, 1.165) is 23.7 Å². The number of rotatable bonds is 5. The number of hydrogen-bond donors (Lipinski definition) is 0. The third kappa shape index (κ3) is 5.40. The first-order valence-electron chi connectivity index (χ1n) is 7.38. The van der Waals surface area contributed by atoms with Crippen LogP contribution in [0.5, 0.6) is 5.75 Å². The van der Waals surface area contributed by atoms with E-state index in [0.29, 0.717) is 5.75 Å². The van der Waals surface area contributed by atoms with E-state index >= 15 is 0 Å². The number of azo groups is 1. The highest BCUT2D eigenvalue weighted by atomic mass is 28.4. The third-order valence-electron chi connectivity index (χ3n) is 3.68. The summed E-state index contributed by atoms with van der Waals surface area (Å²) in [6.45, 7) is 7.91. The molecule has 0 aliphatic rings. The fraction of sp³-hybridized carbons (Fsp3) is 0.467. The van der Waals surface area contributed by atoms with Gasteiger partial charge in [0.25, 0.3) is 8.32 Å². The van der Waals surface area contributed by atoms with E-state index in [2.05, 4.69) is 10.2 Å². The van der Waals surface area contributed by atoms with Gasteiger partial charge in [0.1, 0.15) is 5.75 Å². The van der Waals surface area contributed by atoms with Crippen molar-refractivity contribution in [1.29, 1.82) is 0 Å². The molecule has 0 aromatic heterocycles. The van der Waals surface area contributed by atoms with Crippen LogP contribution in [0, 0.1) is 6.92 Å². The molecular formula is C15H22N2O4Si. The third-order valence-corrected chi connectivity index (χ3v) is 8.15. The van der Waals surface area contributed by atoms with Crippen LogP contribution in [0.15, 0.2) is 34.5 Å². The van der Waals surface area contributed by atoms with E-state index < -0.39 is 20.5 Å². The number of hydrogen-bond acceptors (Lipinski definition) is 4. The minimum Gasteiger partial charge on any atom is -0.501 e. The van der Waals surface area contributed by atoms with Crippen LogP contribution >= 0.6 is 0 Å². The van der Waals surface area contributed by atoms with E-state index in [1.807, 2.05) is 27.7 Å². The number of benzene rings is 1. The highest BCUT2D eigenvalue weighted by molar-refractivity contribution is 6.74. The molecule has 1 rings (SSSR count). The van der Waals surface area contributed by atoms with Crippen LogP contribution in [-0.2, 0) is 4.43 Å². The summed E-state index contributed by atoms with van der Waals surface area (Å²) in [6.07, 6.45) is -1.77. The average Bonchev–Trinajstić information content (AvgIpc) is 2.53. The van der Waals surface area contributed by atoms with Crippen molar-refractivity contribution in [2.24, 2.45) is 10.2 Å². The molecule has 0 radical (unpaired) electrons. The predicted molar refractivity (Wildman–Crippen MR) is 85.7 cm³/mol. The van der Waals surface area contributed by atoms with Crippen molar-refractivity contribution in [2.75, 3.05) is 0 Å². The van der Waals surface area contributed by atoms with Gasteiger partial charge in [0, 0.05) is 0 Å². The lowest BCUT2D eigenvalue weighted by molar-refractivity contribution is 0.198. The first kappa shape index (κ1) is 18.0. The van der Waals surface area contributed by atoms with Gasteiger partial charge in [-0.2, -0.15) is 0 Å². The molecule has 0 unspecified atom stereocenters. The van der Waals surface area contributed by atoms with E-state index in [4.69, 9.17) is 9.16 Å². The van der Waals surface area contributed by atoms with Gasteiger partial charge in [-0.15, -0.1) is 0 Å². The van der Waals surface area contributed by atoms with E-state index in [-0.39, 0.29) is 0 Å². The van der Waals surface area contributed by atoms with Crippen LogP contribution in [0.2, 0.25) is 18.1 Å². The predicted octanol–water partition coefficient (Wildman–Crippen LogP) is 5.09. The van der Waals surface area contributed by atoms with Gasteiger partial charge < -0.3 is 9.16 Å². The molecule has 6 nitrogen and oxygen atoms in total. The van der Waals surface area contributed by atoms with Gasteiger partial charge in [-0.05, 0) is 37.2 Å². The number of amides is 2. The van der Waals surface area contributed by atoms with Crippen LogP contribution in [0.1, 0.15) is 26.3 Å². The molecule has 0 N–H and O–H groups in total. The number of ether oxygens (including phenoxy) is 1. The number of carbonyl (C=O) groups is 2. The van der Waals surface area contributed by atoms with Crippen LogP contribution in [0.25, 0.3) is 0 Å². The molecule has 0 aliphatic carbocycles. The van der Waals surface area contributed by atoms with E-state index in [1.54, 1.807) is 24.3 Å². The van der Waals surface area contributed by atoms with Crippen molar-refractivity contribution in [3.63, 3.8) is 0 Å². The van der Waals surface area contributed by atoms with Gasteiger partial charge >= 0.3 is 12.2 Å². The lowest BCUT2D eigenvalue weighted by Gasteiger charge is -2.25. The lowest BCUT2D eigenvalue weighted by atomic mass is 10.2. The molecular weight excluding hydrogens is 300 g/mol. The summed E-state index contributed by atoms with van der Waals surface area (Å²) in [5, 5.41) is 6.53. The van der Waals surface area contributed by atoms with Gasteiger partial charge in [-0.3, -0.25) is 0 Å². The van der Waals surface area contributed by atoms with Gasteiger partial charge in [-0.25, -0.2) is 9.59 Å². The molecule has 22 heavy (non-hydrogen) atoms. The average molecular weight is 322 g/mol. The Morgan fingerprint density at radius 1 is 0.955 bits per heavy atom. The van der Waals surface area contributed by atoms with Crippen LogP contribution in [0.4, 0.5) is 9.59 Å². The molecule has 120 valence electrons. The molecule has 0 atom stereocenters. The lowest BCUT2D eigenvalue weighted by Crippen LogP contribution is -2.37. The normalized spacial score (nSPS) is 11.5. The topological polar surface area (TPSA) is 77.3 Å². The Hall–Kier alpha value is -2.02. The Morgan fingerprint density at radius 2 is 1.45 bits per heavy atom. The molecule has 0 aliphatic heterocycles. The molecule has 7 heteroatoms. The number of carbonyl (C=O) groups excluding carboxylic acids is 2. The first-order valence-corrected chi connectivity index (χ1v) is 9.90. The first-order chi connectivity index (χ1) is 10.4. The molecule has 0 spiro atoms. The quantitative estimate of drug-likeness (QED) is 0.559. The van der Waals surface area contributed by atoms with Gasteiger partial charge in [0.2, 0.25) is 0 Å². The van der Waals surface area contributed by atoms with Gasteiger partial charge in [-0.1, -0.05) is 48.7 Å². The molecule has 0 saturated carbocycles. The summed E-state index contributed by atoms with van der Waals surface area (Å²) in [5.41, 5.74) is 1.05. The van der Waals surface area contributed by atoms with Crippen LogP contribution < -0.4 is 4.74 Å². The Labute approximate surface area is 131 Å². The summed E-state index contributed by atoms with van der Waals surface area (Å²) >= 11 is 0. The maximum atomic E-state index is 11.7. The SMILES string of the molecule is CC[Si](CC)(CC)OC(=O)N=NC(=O)Oc1ccc(C)cc1. The van der Waals surface area contributed by atoms with Gasteiger partial charge in [0.15, 0.2) is 0 Å². The van der Waals surface area contributed by atoms with Crippen LogP contribution in [-0.4, -0.2) is 20.5 Å². The second-order valence-corrected chi connectivity index (χ2v) is 9.68. The molecule has 1 aromatic rings. The Morgan fingerprint density at radius 3 is 1.95 bits per heavy atom. The van der Waals surface area contributed by atoms with Crippen molar-refractivity contribution in [1.82, 2.24) is 0 Å². The zero-order valence-electron chi connectivity index (χ0n) is 13.5. The maximum Gasteiger partial charge on any atom is 0.458 e. The van der Waals surface area contributed by atoms with Crippen molar-refractivity contribution >= 4 is 20.5 Å². The summed E-state index contributed by atoms with van der Waals surface area (Å²) in [5.74, 6) is 0.349. The molecule has 0 heterocycles. The van der Waals surface area contributed by atoms with Crippen molar-refractivity contribution in [3.8, 4) is 5.75 Å². The number of nitrogens with zero attached hydrogens (tertiary/aromatic N) is 2. The van der Waals surface area contributed by atoms with Crippen LogP contribution in [0.3, 0.4) is 0 Å². The Kier molecular flexibility index (Phi) is 6.91. The van der Waals surface area contributed by atoms with Gasteiger partial charge in [0.05, 0.1) is 0 Å². The minimum absolute atomic E-state index is 0.349. The zero-order valence-corrected chi connectivity index (χ0v) is 14.5. The fourth-order valence-electron chi connectivity index (χ4n) is 1.98. The Bertz CT molecular complexity index is 531. The standard InChI is InChI=1S/C15H22N2O4Si/c1-5-22(6-2,7-3)21-15(19)17-16-14(18)20-13-10-8-12(4)9-11-13/h8-11H,5-7H2,1-4H3. The fourth-order valence-corrected chi connectivity index (χ4v) is 4.33. The minimum atomic E-state index is -2.09. The van der Waals surface area contributed by atoms with Crippen molar-refractivity contribution in [3.05, 3.63) is 29.8 Å². The second kappa shape index (κ2) is 8.43. The second-order valence-electron chi connectivity index (χ2n) is 4.99. The van der Waals surface area contributed by atoms with Crippen molar-refractivity contribution in [2.45, 2.75) is 45.8 Å². The summed E-state index contributed by atoms with van der Waals surface area (Å²) in [7, 11) is -2.09. The Balaban J connectivity index is 2.58. The molecule has 1 aromatic carbocycles.